The number of aromatic nitrogens is 3. The summed E-state index contributed by atoms with van der Waals surface area (Å²) in [6.07, 6.45) is 3.00. The van der Waals surface area contributed by atoms with Gasteiger partial charge in [-0.15, -0.1) is 5.10 Å². The lowest BCUT2D eigenvalue weighted by atomic mass is 10.0. The molecule has 2 aromatic heterocycles. The van der Waals surface area contributed by atoms with Gasteiger partial charge < -0.3 is 10.2 Å². The summed E-state index contributed by atoms with van der Waals surface area (Å²) in [6.45, 7) is 5.44. The molecule has 0 amide bonds. The Morgan fingerprint density at radius 1 is 1.40 bits per heavy atom. The maximum atomic E-state index is 4.54. The highest BCUT2D eigenvalue weighted by molar-refractivity contribution is 9.10. The molecule has 1 atom stereocenters. The molecule has 0 bridgehead atoms. The average Bonchev–Trinajstić information content (AvgIpc) is 2.71. The van der Waals surface area contributed by atoms with Crippen molar-refractivity contribution in [3.63, 3.8) is 0 Å². The zero-order valence-corrected chi connectivity index (χ0v) is 14.1. The fraction of sp³-hybridized carbons (Fsp3) is 0.571. The van der Waals surface area contributed by atoms with E-state index >= 15 is 0 Å². The van der Waals surface area contributed by atoms with E-state index in [4.69, 9.17) is 0 Å². The number of hydrogen-bond acceptors (Lipinski definition) is 4. The molecule has 20 heavy (non-hydrogen) atoms. The highest BCUT2D eigenvalue weighted by atomic mass is 79.9. The highest BCUT2D eigenvalue weighted by Gasteiger charge is 2.15. The van der Waals surface area contributed by atoms with Gasteiger partial charge in [-0.3, -0.25) is 0 Å². The van der Waals surface area contributed by atoms with E-state index in [1.165, 1.54) is 0 Å². The van der Waals surface area contributed by atoms with E-state index in [0.717, 1.165) is 23.1 Å². The monoisotopic (exact) mass is 339 g/mol. The van der Waals surface area contributed by atoms with Gasteiger partial charge in [0.05, 0.1) is 4.47 Å². The molecule has 0 fully saturated rings. The third-order valence-corrected chi connectivity index (χ3v) is 3.61. The van der Waals surface area contributed by atoms with Gasteiger partial charge in [-0.05, 0) is 54.5 Å². The first-order chi connectivity index (χ1) is 9.45. The second-order valence-corrected chi connectivity index (χ2v) is 6.65. The molecule has 2 heterocycles. The Balaban J connectivity index is 2.17. The van der Waals surface area contributed by atoms with Gasteiger partial charge in [-0.1, -0.05) is 13.8 Å². The maximum Gasteiger partial charge on any atom is 0.243 e. The van der Waals surface area contributed by atoms with Crippen LogP contribution in [-0.4, -0.2) is 46.2 Å². The number of likely N-dealkylation sites (N-methyl/N-ethyl adjacent to an activating group) is 1. The Morgan fingerprint density at radius 2 is 2.15 bits per heavy atom. The van der Waals surface area contributed by atoms with Crippen molar-refractivity contribution in [1.29, 1.82) is 0 Å². The largest absolute Gasteiger partial charge is 0.349 e. The molecule has 0 aliphatic rings. The van der Waals surface area contributed by atoms with E-state index in [1.54, 1.807) is 4.52 Å². The number of nitrogens with one attached hydrogen (secondary N) is 1. The minimum Gasteiger partial charge on any atom is -0.349 e. The Labute approximate surface area is 128 Å². The highest BCUT2D eigenvalue weighted by Crippen LogP contribution is 2.18. The van der Waals surface area contributed by atoms with Crippen LogP contribution < -0.4 is 5.32 Å². The standard InChI is InChI=1S/C14H22BrN5/c1-10(2)8-11(9-19(3)4)16-14-17-13-12(15)6-5-7-20(13)18-14/h5-7,10-11H,8-9H2,1-4H3,(H,16,18). The molecular weight excluding hydrogens is 318 g/mol. The van der Waals surface area contributed by atoms with E-state index in [-0.39, 0.29) is 0 Å². The van der Waals surface area contributed by atoms with E-state index in [0.29, 0.717) is 17.9 Å². The molecular formula is C14H22BrN5. The van der Waals surface area contributed by atoms with E-state index < -0.39 is 0 Å². The quantitative estimate of drug-likeness (QED) is 0.878. The molecule has 1 N–H and O–H groups in total. The van der Waals surface area contributed by atoms with E-state index in [1.807, 2.05) is 18.3 Å². The van der Waals surface area contributed by atoms with Gasteiger partial charge >= 0.3 is 0 Å². The Bertz CT molecular complexity index is 554. The summed E-state index contributed by atoms with van der Waals surface area (Å²) in [5, 5.41) is 7.93. The summed E-state index contributed by atoms with van der Waals surface area (Å²) in [5.41, 5.74) is 0.836. The summed E-state index contributed by atoms with van der Waals surface area (Å²) >= 11 is 3.50. The van der Waals surface area contributed by atoms with Crippen LogP contribution in [0.4, 0.5) is 5.95 Å². The normalized spacial score (nSPS) is 13.3. The van der Waals surface area contributed by atoms with Gasteiger partial charge in [0.25, 0.3) is 0 Å². The van der Waals surface area contributed by atoms with E-state index in [9.17, 15) is 0 Å². The van der Waals surface area contributed by atoms with Crippen molar-refractivity contribution in [2.24, 2.45) is 5.92 Å². The molecule has 0 aromatic carbocycles. The van der Waals surface area contributed by atoms with Crippen LogP contribution in [0, 0.1) is 5.92 Å². The van der Waals surface area contributed by atoms with Crippen LogP contribution in [0.25, 0.3) is 5.65 Å². The van der Waals surface area contributed by atoms with Crippen LogP contribution >= 0.6 is 15.9 Å². The molecule has 2 rings (SSSR count). The predicted octanol–water partition coefficient (Wildman–Crippen LogP) is 2.88. The van der Waals surface area contributed by atoms with Gasteiger partial charge in [-0.25, -0.2) is 4.52 Å². The Morgan fingerprint density at radius 3 is 2.75 bits per heavy atom. The smallest absolute Gasteiger partial charge is 0.243 e. The fourth-order valence-electron chi connectivity index (χ4n) is 2.31. The van der Waals surface area contributed by atoms with Crippen molar-refractivity contribution in [2.45, 2.75) is 26.3 Å². The third kappa shape index (κ3) is 3.93. The van der Waals surface area contributed by atoms with Crippen molar-refractivity contribution in [2.75, 3.05) is 26.0 Å². The average molecular weight is 340 g/mol. The lowest BCUT2D eigenvalue weighted by Crippen LogP contribution is -2.33. The number of halogens is 1. The van der Waals surface area contributed by atoms with Crippen molar-refractivity contribution >= 4 is 27.5 Å². The fourth-order valence-corrected chi connectivity index (χ4v) is 2.73. The molecule has 110 valence electrons. The van der Waals surface area contributed by atoms with Crippen molar-refractivity contribution in [3.8, 4) is 0 Å². The first-order valence-electron chi connectivity index (χ1n) is 6.88. The molecule has 0 saturated carbocycles. The molecule has 1 unspecified atom stereocenters. The van der Waals surface area contributed by atoms with Gasteiger partial charge in [0, 0.05) is 18.8 Å². The third-order valence-electron chi connectivity index (χ3n) is 2.99. The lowest BCUT2D eigenvalue weighted by molar-refractivity contribution is 0.355. The zero-order valence-electron chi connectivity index (χ0n) is 12.5. The first kappa shape index (κ1) is 15.3. The number of fused-ring (bicyclic) bond motifs is 1. The SMILES string of the molecule is CC(C)CC(CN(C)C)Nc1nc2c(Br)cccn2n1. The molecule has 0 saturated heterocycles. The van der Waals surface area contributed by atoms with Crippen molar-refractivity contribution in [3.05, 3.63) is 22.8 Å². The van der Waals surface area contributed by atoms with Crippen LogP contribution in [0.3, 0.4) is 0 Å². The molecule has 0 radical (unpaired) electrons. The van der Waals surface area contributed by atoms with Crippen LogP contribution in [0.15, 0.2) is 22.8 Å². The lowest BCUT2D eigenvalue weighted by Gasteiger charge is -2.23. The van der Waals surface area contributed by atoms with Crippen molar-refractivity contribution in [1.82, 2.24) is 19.5 Å². The Hall–Kier alpha value is -1.14. The number of hydrogen-bond donors (Lipinski definition) is 1. The number of rotatable bonds is 6. The second kappa shape index (κ2) is 6.54. The van der Waals surface area contributed by atoms with Gasteiger partial charge in [-0.2, -0.15) is 4.98 Å². The molecule has 6 heteroatoms. The summed E-state index contributed by atoms with van der Waals surface area (Å²) in [4.78, 5) is 6.73. The maximum absolute atomic E-state index is 4.54. The zero-order chi connectivity index (χ0) is 14.7. The minimum atomic E-state index is 0.348. The summed E-state index contributed by atoms with van der Waals surface area (Å²) in [6, 6.07) is 4.27. The van der Waals surface area contributed by atoms with Crippen molar-refractivity contribution < 1.29 is 0 Å². The Kier molecular flexibility index (Phi) is 4.99. The van der Waals surface area contributed by atoms with Gasteiger partial charge in [0.1, 0.15) is 0 Å². The number of anilines is 1. The topological polar surface area (TPSA) is 45.5 Å². The van der Waals surface area contributed by atoms with Gasteiger partial charge in [0.15, 0.2) is 5.65 Å². The first-order valence-corrected chi connectivity index (χ1v) is 7.67. The summed E-state index contributed by atoms with van der Waals surface area (Å²) < 4.78 is 2.74. The molecule has 2 aromatic rings. The second-order valence-electron chi connectivity index (χ2n) is 5.79. The summed E-state index contributed by atoms with van der Waals surface area (Å²) in [5.74, 6) is 1.32. The van der Waals surface area contributed by atoms with Crippen LogP contribution in [0.2, 0.25) is 0 Å². The molecule has 5 nitrogen and oxygen atoms in total. The van der Waals surface area contributed by atoms with E-state index in [2.05, 4.69) is 64.2 Å². The number of pyridine rings is 1. The molecule has 0 aliphatic carbocycles. The van der Waals surface area contributed by atoms with Gasteiger partial charge in [0.2, 0.25) is 5.95 Å². The van der Waals surface area contributed by atoms with Crippen LogP contribution in [-0.2, 0) is 0 Å². The van der Waals surface area contributed by atoms with Crippen LogP contribution in [0.5, 0.6) is 0 Å². The molecule has 0 spiro atoms. The number of nitrogens with zero attached hydrogens (tertiary/aromatic N) is 4. The van der Waals surface area contributed by atoms with Crippen LogP contribution in [0.1, 0.15) is 20.3 Å². The molecule has 0 aliphatic heterocycles. The summed E-state index contributed by atoms with van der Waals surface area (Å²) in [7, 11) is 4.17. The minimum absolute atomic E-state index is 0.348. The predicted molar refractivity (Wildman–Crippen MR) is 86.1 cm³/mol.